The van der Waals surface area contributed by atoms with Gasteiger partial charge in [-0.05, 0) is 51.7 Å². The Bertz CT molecular complexity index is 1530. The number of hydrogen-bond donors (Lipinski definition) is 0. The molecule has 7 nitrogen and oxygen atoms in total. The van der Waals surface area contributed by atoms with Gasteiger partial charge in [0.1, 0.15) is 15.8 Å². The van der Waals surface area contributed by atoms with Gasteiger partial charge >= 0.3 is 33.9 Å². The molecule has 0 aliphatic heterocycles. The van der Waals surface area contributed by atoms with E-state index in [-0.39, 0.29) is 22.6 Å². The minimum atomic E-state index is -1.10. The maximum atomic E-state index is 9.89. The van der Waals surface area contributed by atoms with Crippen LogP contribution in [0.5, 0.6) is 0 Å². The van der Waals surface area contributed by atoms with E-state index in [4.69, 9.17) is 25.6 Å². The van der Waals surface area contributed by atoms with E-state index in [1.54, 1.807) is 0 Å². The van der Waals surface area contributed by atoms with Crippen LogP contribution in [0.4, 0.5) is 0 Å². The third-order valence-corrected chi connectivity index (χ3v) is 12.7. The molecule has 0 amide bonds. The molecular weight excluding hydrogens is 750 g/mol. The Labute approximate surface area is 315 Å². The summed E-state index contributed by atoms with van der Waals surface area (Å²) in [6.07, 6.45) is 0. The van der Waals surface area contributed by atoms with Crippen molar-refractivity contribution in [1.82, 2.24) is 5.09 Å². The Balaban J connectivity index is 0. The van der Waals surface area contributed by atoms with Gasteiger partial charge in [0.2, 0.25) is 5.54 Å². The predicted molar refractivity (Wildman–Crippen MR) is 199 cm³/mol. The van der Waals surface area contributed by atoms with Crippen LogP contribution < -0.4 is 26.3 Å². The van der Waals surface area contributed by atoms with Crippen molar-refractivity contribution in [2.45, 2.75) is 26.3 Å². The van der Waals surface area contributed by atoms with Crippen molar-refractivity contribution in [2.24, 2.45) is 0 Å². The van der Waals surface area contributed by atoms with Crippen LogP contribution in [0.1, 0.15) is 20.8 Å². The van der Waals surface area contributed by atoms with Crippen molar-refractivity contribution in [3.63, 3.8) is 0 Å². The van der Waals surface area contributed by atoms with Crippen LogP contribution in [-0.2, 0) is 31.0 Å². The quantitative estimate of drug-likeness (QED) is 0.0378. The van der Waals surface area contributed by atoms with Crippen LogP contribution >= 0.6 is 49.3 Å². The summed E-state index contributed by atoms with van der Waals surface area (Å²) in [4.78, 5) is 4.16. The summed E-state index contributed by atoms with van der Waals surface area (Å²) in [7, 11) is 0.260. The maximum Gasteiger partial charge on any atom is 0 e. The van der Waals surface area contributed by atoms with E-state index >= 15 is 0 Å². The standard InChI is InChI=1S/C28H20N3P2S3.C5H9N.3CO.Mn/c29-21-34-28(32(23-13-5-1-6-14-23)24-15-7-2-8-16-24)27(36-35-22-30)31-33(25-17-9-3-10-18-25)26-19-11-4-12-20-26;1-5(2,3)6-4;3*1-2;/h1-20H;1-3H3;;;;. The van der Waals surface area contributed by atoms with E-state index in [9.17, 15) is 10.5 Å². The molecule has 13 heteroatoms. The van der Waals surface area contributed by atoms with Gasteiger partial charge in [-0.2, -0.15) is 15.6 Å². The first-order valence-corrected chi connectivity index (χ1v) is 19.0. The van der Waals surface area contributed by atoms with Gasteiger partial charge in [0.25, 0.3) is 0 Å². The molecule has 49 heavy (non-hydrogen) atoms. The van der Waals surface area contributed by atoms with Gasteiger partial charge in [-0.1, -0.05) is 121 Å². The van der Waals surface area contributed by atoms with E-state index < -0.39 is 16.0 Å². The number of hydrogen-bond acceptors (Lipinski definition) is 5. The van der Waals surface area contributed by atoms with Gasteiger partial charge < -0.3 is 4.85 Å². The number of nitrogens with zero attached hydrogens (tertiary/aromatic N) is 4. The topological polar surface area (TPSA) is 126 Å². The molecule has 0 N–H and O–H groups in total. The molecule has 0 saturated heterocycles. The number of nitriles is 2. The Kier molecular flexibility index (Phi) is 29.3. The van der Waals surface area contributed by atoms with Crippen molar-refractivity contribution in [3.8, 4) is 10.8 Å². The first-order chi connectivity index (χ1) is 23.4. The minimum absolute atomic E-state index is 0. The molecule has 4 aromatic carbocycles. The molecule has 0 atom stereocenters. The van der Waals surface area contributed by atoms with E-state index in [1.807, 2.05) is 93.6 Å². The maximum absolute atomic E-state index is 9.89. The Morgan fingerprint density at radius 1 is 0.653 bits per heavy atom. The molecule has 246 valence electrons. The van der Waals surface area contributed by atoms with Crippen molar-refractivity contribution < 1.29 is 31.0 Å². The van der Waals surface area contributed by atoms with Gasteiger partial charge in [-0.3, -0.25) is 0 Å². The van der Waals surface area contributed by atoms with E-state index in [0.29, 0.717) is 0 Å². The normalized spacial score (nSPS) is 9.51. The number of rotatable bonds is 11. The van der Waals surface area contributed by atoms with E-state index in [2.05, 4.69) is 84.1 Å². The summed E-state index contributed by atoms with van der Waals surface area (Å²) in [5.74, 6) is 0. The van der Waals surface area contributed by atoms with Crippen LogP contribution in [-0.4, -0.2) is 5.54 Å². The fraction of sp³-hybridized carbons (Fsp3) is 0.111. The zero-order valence-electron chi connectivity index (χ0n) is 26.6. The van der Waals surface area contributed by atoms with E-state index in [0.717, 1.165) is 54.1 Å². The summed E-state index contributed by atoms with van der Waals surface area (Å²) in [5, 5.41) is 34.4. The number of benzene rings is 4. The zero-order chi connectivity index (χ0) is 36.2. The van der Waals surface area contributed by atoms with Crippen molar-refractivity contribution >= 4 is 70.6 Å². The Hall–Kier alpha value is -3.04. The van der Waals surface area contributed by atoms with Gasteiger partial charge in [0, 0.05) is 56.7 Å². The molecule has 4 radical (unpaired) electrons. The number of thiocyanates is 2. The summed E-state index contributed by atoms with van der Waals surface area (Å²) in [6.45, 7) is 25.6. The summed E-state index contributed by atoms with van der Waals surface area (Å²) < 4.78 is 22.5. The first kappa shape index (κ1) is 48.1. The molecule has 0 aliphatic carbocycles. The molecule has 0 spiro atoms. The average Bonchev–Trinajstić information content (AvgIpc) is 3.16. The molecule has 0 bridgehead atoms. The molecule has 4 rings (SSSR count). The van der Waals surface area contributed by atoms with Gasteiger partial charge in [0.15, 0.2) is 5.37 Å². The third kappa shape index (κ3) is 18.5. The van der Waals surface area contributed by atoms with Crippen molar-refractivity contribution in [2.75, 3.05) is 0 Å². The molecule has 0 heterocycles. The molecule has 0 saturated carbocycles. The van der Waals surface area contributed by atoms with Gasteiger partial charge in [0.05, 0.1) is 0 Å². The molecule has 0 aromatic heterocycles. The average molecular weight is 779 g/mol. The second-order valence-electron chi connectivity index (χ2n) is 9.43. The van der Waals surface area contributed by atoms with Crippen LogP contribution in [0.15, 0.2) is 121 Å². The SMILES string of the molecule is N#CSS[C]([N]P(c1ccccc1)c1ccccc1)[C](SC#N)P(c1ccccc1)c1ccccc1.[C-]#[N+]C(C)(C)C.[C-]#[O+].[C-]#[O+].[C-]#[O+].[Mn]. The first-order valence-electron chi connectivity index (χ1n) is 13.4. The van der Waals surface area contributed by atoms with E-state index in [1.165, 1.54) is 10.8 Å². The Morgan fingerprint density at radius 3 is 1.27 bits per heavy atom. The molecule has 0 unspecified atom stereocenters. The smallest absolute Gasteiger partial charge is 0 e. The number of thioether (sulfide) groups is 1. The second kappa shape index (κ2) is 29.8. The third-order valence-electron chi connectivity index (χ3n) is 5.24. The fourth-order valence-electron chi connectivity index (χ4n) is 3.41. The molecule has 0 fully saturated rings. The summed E-state index contributed by atoms with van der Waals surface area (Å²) in [6, 6.07) is 41.0. The predicted octanol–water partition coefficient (Wildman–Crippen LogP) is 8.42. The monoisotopic (exact) mass is 778 g/mol. The van der Waals surface area contributed by atoms with Crippen LogP contribution in [0.25, 0.3) is 4.85 Å². The van der Waals surface area contributed by atoms with Crippen LogP contribution in [0.3, 0.4) is 0 Å². The van der Waals surface area contributed by atoms with Crippen molar-refractivity contribution in [3.05, 3.63) is 163 Å². The van der Waals surface area contributed by atoms with Crippen LogP contribution in [0.2, 0.25) is 0 Å². The molecule has 4 aromatic rings. The zero-order valence-corrected chi connectivity index (χ0v) is 32.0. The minimum Gasteiger partial charge on any atom is 0 e. The van der Waals surface area contributed by atoms with Gasteiger partial charge in [-0.15, -0.1) is 0 Å². The second-order valence-corrected chi connectivity index (χ2v) is 16.4. The summed E-state index contributed by atoms with van der Waals surface area (Å²) >= 11 is 1.15. The Morgan fingerprint density at radius 2 is 0.980 bits per heavy atom. The van der Waals surface area contributed by atoms with Crippen molar-refractivity contribution in [1.29, 1.82) is 10.5 Å². The van der Waals surface area contributed by atoms with Gasteiger partial charge in [-0.25, -0.2) is 6.57 Å². The molecular formula is C36H29MnN4O3P2S3. The van der Waals surface area contributed by atoms with Crippen LogP contribution in [0, 0.1) is 58.2 Å². The molecule has 0 aliphatic rings. The summed E-state index contributed by atoms with van der Waals surface area (Å²) in [5.41, 5.74) is -0.167. The largest absolute Gasteiger partial charge is 0 e. The fourth-order valence-corrected chi connectivity index (χ4v) is 11.0.